The van der Waals surface area contributed by atoms with Crippen molar-refractivity contribution < 1.29 is 4.79 Å². The van der Waals surface area contributed by atoms with Gasteiger partial charge in [0.1, 0.15) is 5.52 Å². The maximum atomic E-state index is 12.1. The monoisotopic (exact) mass is 272 g/mol. The van der Waals surface area contributed by atoms with Crippen LogP contribution in [0.3, 0.4) is 0 Å². The van der Waals surface area contributed by atoms with Crippen molar-refractivity contribution >= 4 is 22.6 Å². The number of piperidine rings is 1. The molecule has 1 saturated heterocycles. The normalized spacial score (nSPS) is 16.4. The van der Waals surface area contributed by atoms with Gasteiger partial charge in [-0.1, -0.05) is 6.07 Å². The number of hydrogen-bond donors (Lipinski definition) is 3. The summed E-state index contributed by atoms with van der Waals surface area (Å²) in [5.74, 6) is 0.766. The van der Waals surface area contributed by atoms with Crippen LogP contribution in [0.5, 0.6) is 0 Å². The number of carbonyl (C=O) groups is 1. The lowest BCUT2D eigenvalue weighted by molar-refractivity contribution is -0.116. The van der Waals surface area contributed by atoms with Crippen molar-refractivity contribution in [1.29, 1.82) is 0 Å². The van der Waals surface area contributed by atoms with Gasteiger partial charge in [-0.05, 0) is 50.4 Å². The Morgan fingerprint density at radius 2 is 2.20 bits per heavy atom. The number of aromatic nitrogens is 2. The maximum Gasteiger partial charge on any atom is 0.224 e. The highest BCUT2D eigenvalue weighted by Crippen LogP contribution is 2.21. The van der Waals surface area contributed by atoms with Gasteiger partial charge < -0.3 is 15.6 Å². The van der Waals surface area contributed by atoms with E-state index in [0.29, 0.717) is 12.3 Å². The number of fused-ring (bicyclic) bond motifs is 1. The number of rotatable bonds is 4. The highest BCUT2D eigenvalue weighted by molar-refractivity contribution is 5.99. The minimum atomic E-state index is 0.0824. The number of hydrogen-bond acceptors (Lipinski definition) is 3. The molecule has 2 heterocycles. The van der Waals surface area contributed by atoms with Gasteiger partial charge in [-0.15, -0.1) is 0 Å². The fourth-order valence-electron chi connectivity index (χ4n) is 2.78. The number of carbonyl (C=O) groups excluding carboxylic acids is 1. The predicted octanol–water partition coefficient (Wildman–Crippen LogP) is 2.28. The highest BCUT2D eigenvalue weighted by Gasteiger charge is 2.15. The van der Waals surface area contributed by atoms with Gasteiger partial charge in [-0.3, -0.25) is 4.79 Å². The van der Waals surface area contributed by atoms with Gasteiger partial charge in [0.05, 0.1) is 17.5 Å². The van der Waals surface area contributed by atoms with Gasteiger partial charge >= 0.3 is 0 Å². The Labute approximate surface area is 118 Å². The van der Waals surface area contributed by atoms with Crippen LogP contribution in [0.15, 0.2) is 24.5 Å². The summed E-state index contributed by atoms with van der Waals surface area (Å²) in [6.45, 7) is 2.16. The lowest BCUT2D eigenvalue weighted by Crippen LogP contribution is -2.28. The fraction of sp³-hybridized carbons (Fsp3) is 0.467. The number of nitrogens with zero attached hydrogens (tertiary/aromatic N) is 1. The molecule has 0 atom stereocenters. The number of anilines is 1. The first-order chi connectivity index (χ1) is 9.83. The van der Waals surface area contributed by atoms with Crippen molar-refractivity contribution in [3.8, 4) is 0 Å². The molecule has 20 heavy (non-hydrogen) atoms. The summed E-state index contributed by atoms with van der Waals surface area (Å²) in [5, 5.41) is 6.32. The van der Waals surface area contributed by atoms with E-state index in [1.807, 2.05) is 18.2 Å². The zero-order chi connectivity index (χ0) is 13.8. The second kappa shape index (κ2) is 6.05. The molecular weight excluding hydrogens is 252 g/mol. The molecule has 1 fully saturated rings. The number of amides is 1. The third-order valence-electron chi connectivity index (χ3n) is 3.96. The van der Waals surface area contributed by atoms with E-state index in [0.717, 1.165) is 36.2 Å². The third-order valence-corrected chi connectivity index (χ3v) is 3.96. The number of H-pyrrole nitrogens is 1. The molecule has 0 unspecified atom stereocenters. The molecular formula is C15H20N4O. The van der Waals surface area contributed by atoms with Gasteiger partial charge in [-0.25, -0.2) is 4.98 Å². The molecule has 3 N–H and O–H groups in total. The first-order valence-corrected chi connectivity index (χ1v) is 7.25. The van der Waals surface area contributed by atoms with Crippen molar-refractivity contribution in [3.05, 3.63) is 24.5 Å². The minimum absolute atomic E-state index is 0.0824. The van der Waals surface area contributed by atoms with Crippen molar-refractivity contribution in [2.75, 3.05) is 18.4 Å². The second-order valence-corrected chi connectivity index (χ2v) is 5.38. The lowest BCUT2D eigenvalue weighted by Gasteiger charge is -2.22. The molecule has 106 valence electrons. The van der Waals surface area contributed by atoms with Crippen LogP contribution in [0.1, 0.15) is 25.7 Å². The molecule has 0 saturated carbocycles. The van der Waals surface area contributed by atoms with E-state index in [2.05, 4.69) is 20.6 Å². The second-order valence-electron chi connectivity index (χ2n) is 5.38. The smallest absolute Gasteiger partial charge is 0.224 e. The zero-order valence-corrected chi connectivity index (χ0v) is 11.5. The van der Waals surface area contributed by atoms with Crippen LogP contribution < -0.4 is 10.6 Å². The van der Waals surface area contributed by atoms with Gasteiger partial charge in [0.15, 0.2) is 0 Å². The third kappa shape index (κ3) is 2.99. The standard InChI is InChI=1S/C15H20N4O/c20-14(5-4-11-6-8-16-9-7-11)19-13-3-1-2-12-15(13)18-10-17-12/h1-3,10-11,16H,4-9H2,(H,17,18)(H,19,20). The average molecular weight is 272 g/mol. The van der Waals surface area contributed by atoms with E-state index in [9.17, 15) is 4.79 Å². The molecule has 3 rings (SSSR count). The maximum absolute atomic E-state index is 12.1. The first-order valence-electron chi connectivity index (χ1n) is 7.25. The molecule has 5 heteroatoms. The summed E-state index contributed by atoms with van der Waals surface area (Å²) in [5.41, 5.74) is 2.56. The number of benzene rings is 1. The van der Waals surface area contributed by atoms with E-state index in [1.54, 1.807) is 6.33 Å². The van der Waals surface area contributed by atoms with Crippen LogP contribution in [0.4, 0.5) is 5.69 Å². The molecule has 1 aliphatic heterocycles. The van der Waals surface area contributed by atoms with Crippen LogP contribution >= 0.6 is 0 Å². The van der Waals surface area contributed by atoms with E-state index in [4.69, 9.17) is 0 Å². The summed E-state index contributed by atoms with van der Waals surface area (Å²) in [6, 6.07) is 5.77. The molecule has 1 aromatic carbocycles. The molecule has 1 aliphatic rings. The number of aromatic amines is 1. The summed E-state index contributed by atoms with van der Waals surface area (Å²) < 4.78 is 0. The molecule has 0 radical (unpaired) electrons. The predicted molar refractivity (Wildman–Crippen MR) is 79.6 cm³/mol. The van der Waals surface area contributed by atoms with Crippen molar-refractivity contribution in [3.63, 3.8) is 0 Å². The van der Waals surface area contributed by atoms with Gasteiger partial charge in [0, 0.05) is 6.42 Å². The summed E-state index contributed by atoms with van der Waals surface area (Å²) >= 11 is 0. The van der Waals surface area contributed by atoms with Crippen molar-refractivity contribution in [2.24, 2.45) is 5.92 Å². The SMILES string of the molecule is O=C(CCC1CCNCC1)Nc1cccc2[nH]cnc12. The highest BCUT2D eigenvalue weighted by atomic mass is 16.1. The van der Waals surface area contributed by atoms with Gasteiger partial charge in [0.25, 0.3) is 0 Å². The van der Waals surface area contributed by atoms with Crippen molar-refractivity contribution in [2.45, 2.75) is 25.7 Å². The quantitative estimate of drug-likeness (QED) is 0.799. The molecule has 0 bridgehead atoms. The Hall–Kier alpha value is -1.88. The Morgan fingerprint density at radius 1 is 1.35 bits per heavy atom. The van der Waals surface area contributed by atoms with Crippen LogP contribution in [0.2, 0.25) is 0 Å². The van der Waals surface area contributed by atoms with E-state index in [-0.39, 0.29) is 5.91 Å². The summed E-state index contributed by atoms with van der Waals surface area (Å²) in [4.78, 5) is 19.3. The lowest BCUT2D eigenvalue weighted by atomic mass is 9.93. The number of nitrogens with one attached hydrogen (secondary N) is 3. The van der Waals surface area contributed by atoms with Crippen LogP contribution in [0.25, 0.3) is 11.0 Å². The topological polar surface area (TPSA) is 69.8 Å². The van der Waals surface area contributed by atoms with Crippen LogP contribution in [-0.2, 0) is 4.79 Å². The molecule has 0 aliphatic carbocycles. The molecule has 5 nitrogen and oxygen atoms in total. The summed E-state index contributed by atoms with van der Waals surface area (Å²) in [6.07, 6.45) is 5.58. The molecule has 1 aromatic heterocycles. The van der Waals surface area contributed by atoms with Crippen LogP contribution in [-0.4, -0.2) is 29.0 Å². The average Bonchev–Trinajstić information content (AvgIpc) is 2.96. The Balaban J connectivity index is 1.57. The molecule has 2 aromatic rings. The number of imidazole rings is 1. The number of para-hydroxylation sites is 1. The fourth-order valence-corrected chi connectivity index (χ4v) is 2.78. The van der Waals surface area contributed by atoms with Gasteiger partial charge in [0.2, 0.25) is 5.91 Å². The van der Waals surface area contributed by atoms with E-state index < -0.39 is 0 Å². The van der Waals surface area contributed by atoms with E-state index in [1.165, 1.54) is 12.8 Å². The molecule has 1 amide bonds. The van der Waals surface area contributed by atoms with Gasteiger partial charge in [-0.2, -0.15) is 0 Å². The Kier molecular flexibility index (Phi) is 3.97. The Bertz CT molecular complexity index is 586. The minimum Gasteiger partial charge on any atom is -0.345 e. The van der Waals surface area contributed by atoms with Crippen LogP contribution in [0, 0.1) is 5.92 Å². The largest absolute Gasteiger partial charge is 0.345 e. The van der Waals surface area contributed by atoms with Crippen molar-refractivity contribution in [1.82, 2.24) is 15.3 Å². The van der Waals surface area contributed by atoms with E-state index >= 15 is 0 Å². The zero-order valence-electron chi connectivity index (χ0n) is 11.5. The Morgan fingerprint density at radius 3 is 3.05 bits per heavy atom. The summed E-state index contributed by atoms with van der Waals surface area (Å²) in [7, 11) is 0. The first kappa shape index (κ1) is 13.1. The molecule has 0 spiro atoms.